The van der Waals surface area contributed by atoms with Crippen molar-refractivity contribution in [2.24, 2.45) is 5.41 Å². The van der Waals surface area contributed by atoms with Gasteiger partial charge >= 0.3 is 0 Å². The van der Waals surface area contributed by atoms with Gasteiger partial charge in [-0.05, 0) is 38.0 Å². The summed E-state index contributed by atoms with van der Waals surface area (Å²) in [6, 6.07) is 0.697. The van der Waals surface area contributed by atoms with Gasteiger partial charge in [0, 0.05) is 25.3 Å². The molecule has 96 valence electrons. The minimum atomic E-state index is 0.559. The maximum atomic E-state index is 4.20. The van der Waals surface area contributed by atoms with Crippen molar-refractivity contribution in [3.05, 3.63) is 18.2 Å². The van der Waals surface area contributed by atoms with E-state index >= 15 is 0 Å². The Bertz CT molecular complexity index is 344. The van der Waals surface area contributed by atoms with Crippen LogP contribution in [-0.4, -0.2) is 15.6 Å². The predicted octanol–water partition coefficient (Wildman–Crippen LogP) is 2.96. The smallest absolute Gasteiger partial charge is 0.0948 e. The van der Waals surface area contributed by atoms with E-state index in [0.29, 0.717) is 11.5 Å². The van der Waals surface area contributed by atoms with Crippen molar-refractivity contribution in [1.29, 1.82) is 0 Å². The highest BCUT2D eigenvalue weighted by molar-refractivity contribution is 4.98. The Labute approximate surface area is 105 Å². The van der Waals surface area contributed by atoms with E-state index in [2.05, 4.69) is 35.6 Å². The fraction of sp³-hybridized carbons (Fsp3) is 0.786. The van der Waals surface area contributed by atoms with Crippen LogP contribution in [0.4, 0.5) is 0 Å². The van der Waals surface area contributed by atoms with E-state index in [1.54, 1.807) is 0 Å². The number of imidazole rings is 1. The number of hydrogen-bond donors (Lipinski definition) is 1. The fourth-order valence-corrected chi connectivity index (χ4v) is 2.63. The van der Waals surface area contributed by atoms with Crippen molar-refractivity contribution < 1.29 is 0 Å². The van der Waals surface area contributed by atoms with Crippen molar-refractivity contribution in [2.45, 2.75) is 65.6 Å². The third-order valence-electron chi connectivity index (χ3n) is 4.05. The van der Waals surface area contributed by atoms with Gasteiger partial charge in [0.05, 0.1) is 12.0 Å². The number of hydrogen-bond acceptors (Lipinski definition) is 2. The maximum Gasteiger partial charge on any atom is 0.0948 e. The summed E-state index contributed by atoms with van der Waals surface area (Å²) in [5, 5.41) is 3.68. The Kier molecular flexibility index (Phi) is 3.87. The molecule has 1 N–H and O–H groups in total. The second-order valence-corrected chi connectivity index (χ2v) is 5.99. The lowest BCUT2D eigenvalue weighted by molar-refractivity contribution is 0.205. The van der Waals surface area contributed by atoms with Crippen LogP contribution >= 0.6 is 0 Å². The van der Waals surface area contributed by atoms with Gasteiger partial charge in [-0.15, -0.1) is 0 Å². The average Bonchev–Trinajstić information content (AvgIpc) is 2.75. The van der Waals surface area contributed by atoms with Crippen molar-refractivity contribution in [3.63, 3.8) is 0 Å². The zero-order valence-electron chi connectivity index (χ0n) is 11.4. The first kappa shape index (κ1) is 12.6. The Morgan fingerprint density at radius 3 is 2.76 bits per heavy atom. The Morgan fingerprint density at radius 1 is 1.41 bits per heavy atom. The molecule has 0 atom stereocenters. The highest BCUT2D eigenvalue weighted by Crippen LogP contribution is 2.34. The van der Waals surface area contributed by atoms with Crippen molar-refractivity contribution in [1.82, 2.24) is 14.9 Å². The van der Waals surface area contributed by atoms with Crippen LogP contribution in [0.15, 0.2) is 12.5 Å². The normalized spacial score (nSPS) is 20.6. The highest BCUT2D eigenvalue weighted by atomic mass is 15.1. The SMILES string of the molecule is CCn1cncc1CNC1CCC(C)(C)CC1. The molecule has 3 heteroatoms. The van der Waals surface area contributed by atoms with Gasteiger partial charge in [-0.2, -0.15) is 0 Å². The highest BCUT2D eigenvalue weighted by Gasteiger charge is 2.26. The van der Waals surface area contributed by atoms with E-state index < -0.39 is 0 Å². The predicted molar refractivity (Wildman–Crippen MR) is 70.8 cm³/mol. The molecule has 0 amide bonds. The first-order chi connectivity index (χ1) is 8.11. The summed E-state index contributed by atoms with van der Waals surface area (Å²) >= 11 is 0. The van der Waals surface area contributed by atoms with Gasteiger partial charge in [0.25, 0.3) is 0 Å². The summed E-state index contributed by atoms with van der Waals surface area (Å²) in [6.07, 6.45) is 9.21. The zero-order chi connectivity index (χ0) is 12.3. The van der Waals surface area contributed by atoms with Crippen LogP contribution < -0.4 is 5.32 Å². The Morgan fingerprint density at radius 2 is 2.12 bits per heavy atom. The molecular weight excluding hydrogens is 210 g/mol. The largest absolute Gasteiger partial charge is 0.334 e. The molecule has 0 bridgehead atoms. The quantitative estimate of drug-likeness (QED) is 0.869. The lowest BCUT2D eigenvalue weighted by atomic mass is 9.75. The van der Waals surface area contributed by atoms with E-state index in [9.17, 15) is 0 Å². The number of aromatic nitrogens is 2. The van der Waals surface area contributed by atoms with Gasteiger partial charge < -0.3 is 9.88 Å². The summed E-state index contributed by atoms with van der Waals surface area (Å²) < 4.78 is 2.21. The monoisotopic (exact) mass is 235 g/mol. The van der Waals surface area contributed by atoms with Crippen molar-refractivity contribution in [3.8, 4) is 0 Å². The van der Waals surface area contributed by atoms with Crippen LogP contribution in [0.2, 0.25) is 0 Å². The van der Waals surface area contributed by atoms with Gasteiger partial charge in [-0.3, -0.25) is 0 Å². The molecule has 1 aliphatic rings. The minimum Gasteiger partial charge on any atom is -0.334 e. The van der Waals surface area contributed by atoms with Crippen LogP contribution in [0.5, 0.6) is 0 Å². The Balaban J connectivity index is 1.80. The van der Waals surface area contributed by atoms with E-state index in [1.807, 2.05) is 12.5 Å². The maximum absolute atomic E-state index is 4.20. The lowest BCUT2D eigenvalue weighted by Crippen LogP contribution is -2.35. The molecule has 0 aliphatic heterocycles. The van der Waals surface area contributed by atoms with Crippen LogP contribution in [0.1, 0.15) is 52.1 Å². The molecule has 17 heavy (non-hydrogen) atoms. The molecule has 1 saturated carbocycles. The first-order valence-corrected chi connectivity index (χ1v) is 6.83. The van der Waals surface area contributed by atoms with Gasteiger partial charge in [0.1, 0.15) is 0 Å². The molecule has 2 rings (SSSR count). The third-order valence-corrected chi connectivity index (χ3v) is 4.05. The van der Waals surface area contributed by atoms with Gasteiger partial charge in [0.2, 0.25) is 0 Å². The first-order valence-electron chi connectivity index (χ1n) is 6.83. The second kappa shape index (κ2) is 5.21. The minimum absolute atomic E-state index is 0.559. The van der Waals surface area contributed by atoms with Gasteiger partial charge in [0.15, 0.2) is 0 Å². The zero-order valence-corrected chi connectivity index (χ0v) is 11.4. The standard InChI is InChI=1S/C14H25N3/c1-4-17-11-15-9-13(17)10-16-12-5-7-14(2,3)8-6-12/h9,11-12,16H,4-8,10H2,1-3H3. The molecule has 1 aromatic rings. The van der Waals surface area contributed by atoms with Gasteiger partial charge in [-0.1, -0.05) is 13.8 Å². The van der Waals surface area contributed by atoms with Crippen LogP contribution in [0.25, 0.3) is 0 Å². The van der Waals surface area contributed by atoms with Crippen molar-refractivity contribution in [2.75, 3.05) is 0 Å². The molecular formula is C14H25N3. The van der Waals surface area contributed by atoms with E-state index in [4.69, 9.17) is 0 Å². The molecule has 1 aromatic heterocycles. The summed E-state index contributed by atoms with van der Waals surface area (Å²) in [6.45, 7) is 8.90. The summed E-state index contributed by atoms with van der Waals surface area (Å²) in [5.74, 6) is 0. The third kappa shape index (κ3) is 3.32. The number of rotatable bonds is 4. The molecule has 1 fully saturated rings. The van der Waals surface area contributed by atoms with E-state index in [-0.39, 0.29) is 0 Å². The topological polar surface area (TPSA) is 29.9 Å². The summed E-state index contributed by atoms with van der Waals surface area (Å²) in [4.78, 5) is 4.20. The number of nitrogens with one attached hydrogen (secondary N) is 1. The molecule has 1 aliphatic carbocycles. The van der Waals surface area contributed by atoms with Gasteiger partial charge in [-0.25, -0.2) is 4.98 Å². The molecule has 0 aromatic carbocycles. The van der Waals surface area contributed by atoms with Crippen LogP contribution in [-0.2, 0) is 13.1 Å². The Hall–Kier alpha value is -0.830. The van der Waals surface area contributed by atoms with Crippen LogP contribution in [0.3, 0.4) is 0 Å². The second-order valence-electron chi connectivity index (χ2n) is 5.99. The molecule has 0 radical (unpaired) electrons. The summed E-state index contributed by atoms with van der Waals surface area (Å²) in [5.41, 5.74) is 1.86. The van der Waals surface area contributed by atoms with E-state index in [1.165, 1.54) is 31.4 Å². The fourth-order valence-electron chi connectivity index (χ4n) is 2.63. The molecule has 3 nitrogen and oxygen atoms in total. The van der Waals surface area contributed by atoms with E-state index in [0.717, 1.165) is 13.1 Å². The number of nitrogens with zero attached hydrogens (tertiary/aromatic N) is 2. The van der Waals surface area contributed by atoms with Crippen molar-refractivity contribution >= 4 is 0 Å². The molecule has 0 saturated heterocycles. The average molecular weight is 235 g/mol. The lowest BCUT2D eigenvalue weighted by Gasteiger charge is -2.34. The molecule has 0 spiro atoms. The summed E-state index contributed by atoms with van der Waals surface area (Å²) in [7, 11) is 0. The molecule has 1 heterocycles. The van der Waals surface area contributed by atoms with Crippen LogP contribution in [0, 0.1) is 5.41 Å². The number of aryl methyl sites for hydroxylation is 1. The molecule has 0 unspecified atom stereocenters.